The first-order valence-corrected chi connectivity index (χ1v) is 33.7. The summed E-state index contributed by atoms with van der Waals surface area (Å²) in [5.41, 5.74) is 13.8. The molecule has 0 aliphatic heterocycles. The third kappa shape index (κ3) is 15.4. The SMILES string of the molecule is Cc1cc(F)cc(-c2cc(C(C)(C)CC(C)(C)C)cc(-n3c4cc(C(C)(C)C)ccc4c4ccc(C(C)(C)C)cc43)c2O)c1[OH+]CCC[OH+]c1c(C)cc(F)cc1-c1cc(C(C)(C)CC(C)(C)C)cc(-n2c3cc(C(C)(C)C)ccc3c3ccc(C(C)(C)C)cc32)c1O.[CH3-].[CH3-].[Hf]. The molecule has 0 saturated carbocycles. The van der Waals surface area contributed by atoms with E-state index in [-0.39, 0.29) is 95.5 Å². The molecule has 0 bridgehead atoms. The van der Waals surface area contributed by atoms with Crippen molar-refractivity contribution in [2.24, 2.45) is 10.8 Å². The van der Waals surface area contributed by atoms with Crippen LogP contribution in [0.5, 0.6) is 23.0 Å². The summed E-state index contributed by atoms with van der Waals surface area (Å²) in [4.78, 5) is 0. The van der Waals surface area contributed by atoms with Gasteiger partial charge in [0, 0.05) is 69.6 Å². The molecule has 0 saturated heterocycles. The summed E-state index contributed by atoms with van der Waals surface area (Å²) in [7, 11) is 0. The number of aromatic hydroxyl groups is 4. The van der Waals surface area contributed by atoms with Gasteiger partial charge in [0.25, 0.3) is 11.5 Å². The van der Waals surface area contributed by atoms with Gasteiger partial charge in [-0.15, -0.1) is 0 Å². The molecule has 0 aliphatic rings. The molecule has 0 unspecified atom stereocenters. The van der Waals surface area contributed by atoms with Gasteiger partial charge in [-0.3, -0.25) is 0 Å². The van der Waals surface area contributed by atoms with Gasteiger partial charge in [-0.1, -0.05) is 201 Å². The maximum atomic E-state index is 16.3. The third-order valence-electron chi connectivity index (χ3n) is 19.1. The first-order valence-electron chi connectivity index (χ1n) is 33.7. The van der Waals surface area contributed by atoms with E-state index in [0.717, 1.165) is 67.6 Å². The number of phenolic OH excluding ortho intramolecular Hbond substituents is 2. The Kier molecular flexibility index (Phi) is 21.4. The van der Waals surface area contributed by atoms with Gasteiger partial charge in [0.15, 0.2) is 13.2 Å². The number of hydrogen-bond donors (Lipinski definition) is 2. The average Bonchev–Trinajstić information content (AvgIpc) is 1.52. The molecule has 4 N–H and O–H groups in total. The maximum Gasteiger partial charge on any atom is 0.265 e. The van der Waals surface area contributed by atoms with Crippen LogP contribution < -0.4 is 0 Å². The Balaban J connectivity index is 0.00000433. The molecule has 9 heteroatoms. The molecule has 96 heavy (non-hydrogen) atoms. The van der Waals surface area contributed by atoms with Gasteiger partial charge in [-0.05, 0) is 176 Å². The summed E-state index contributed by atoms with van der Waals surface area (Å²) in [6, 6.07) is 41.4. The third-order valence-corrected chi connectivity index (χ3v) is 19.1. The molecule has 512 valence electrons. The van der Waals surface area contributed by atoms with Crippen molar-refractivity contribution in [1.29, 1.82) is 0 Å². The van der Waals surface area contributed by atoms with E-state index in [2.05, 4.69) is 259 Å². The van der Waals surface area contributed by atoms with Crippen molar-refractivity contribution in [3.05, 3.63) is 192 Å². The van der Waals surface area contributed by atoms with Gasteiger partial charge in [-0.25, -0.2) is 8.78 Å². The number of phenols is 2. The molecular weight excluding hydrogens is 1350 g/mol. The van der Waals surface area contributed by atoms with E-state index in [4.69, 9.17) is 9.47 Å². The Hall–Kier alpha value is -6.71. The number of nitrogens with zero attached hydrogens (tertiary/aromatic N) is 2. The van der Waals surface area contributed by atoms with Crippen molar-refractivity contribution in [3.63, 3.8) is 0 Å². The maximum absolute atomic E-state index is 16.3. The quantitative estimate of drug-likeness (QED) is 0.0493. The molecule has 0 radical (unpaired) electrons. The molecule has 10 rings (SSSR count). The number of aliphatic hydroxyl groups is 2. The summed E-state index contributed by atoms with van der Waals surface area (Å²) in [6.07, 6.45) is 2.19. The topological polar surface area (TPSA) is 75.9 Å². The first-order chi connectivity index (χ1) is 42.8. The summed E-state index contributed by atoms with van der Waals surface area (Å²) in [5, 5.41) is 30.8. The minimum atomic E-state index is -0.419. The van der Waals surface area contributed by atoms with Gasteiger partial charge in [-0.2, -0.15) is 0 Å². The zero-order chi connectivity index (χ0) is 68.4. The fourth-order valence-electron chi connectivity index (χ4n) is 14.8. The zero-order valence-corrected chi connectivity index (χ0v) is 66.6. The Morgan fingerprint density at radius 3 is 0.875 bits per heavy atom. The Labute approximate surface area is 594 Å². The van der Waals surface area contributed by atoms with E-state index in [1.165, 1.54) is 46.5 Å². The molecule has 0 amide bonds. The molecule has 0 spiro atoms. The molecule has 6 nitrogen and oxygen atoms in total. The van der Waals surface area contributed by atoms with E-state index in [0.29, 0.717) is 75.9 Å². The number of aromatic nitrogens is 2. The van der Waals surface area contributed by atoms with Crippen LogP contribution in [-0.4, -0.2) is 42.0 Å². The van der Waals surface area contributed by atoms with Gasteiger partial charge in [0.2, 0.25) is 0 Å². The number of benzene rings is 8. The molecule has 0 fully saturated rings. The molecule has 2 aromatic heterocycles. The van der Waals surface area contributed by atoms with E-state index in [9.17, 15) is 10.2 Å². The Morgan fingerprint density at radius 2 is 0.625 bits per heavy atom. The number of aryl methyl sites for hydroxylation is 2. The fourth-order valence-corrected chi connectivity index (χ4v) is 14.8. The van der Waals surface area contributed by atoms with Gasteiger partial charge in [0.1, 0.15) is 29.6 Å². The van der Waals surface area contributed by atoms with Gasteiger partial charge in [0.05, 0.1) is 44.6 Å². The van der Waals surface area contributed by atoms with Crippen molar-refractivity contribution in [3.8, 4) is 56.6 Å². The predicted octanol–water partition coefficient (Wildman–Crippen LogP) is 24.6. The van der Waals surface area contributed by atoms with Gasteiger partial charge < -0.3 is 43.7 Å². The molecular formula is C87H112F2HfN2O4. The van der Waals surface area contributed by atoms with Crippen molar-refractivity contribution in [2.75, 3.05) is 13.2 Å². The summed E-state index contributed by atoms with van der Waals surface area (Å²) >= 11 is 0. The number of hydrogen-bond acceptors (Lipinski definition) is 2. The standard InChI is InChI=1S/C85H104F2N2O4.2CH3.Hf/c1-50-36-58(86)46-66(64-38-56(84(21,22)48-78(3,4)5)44-72(74(64)90)88-68-40-52(80(9,10)11)26-30-60(68)61-31-27-53(41-69(61)88)81(12,13)14)76(50)92-34-25-35-93-77-51(2)37-59(87)47-67(77)65-39-57(85(23,24)49-79(6,7)8)45-73(75(65)91)89-70-42-54(82(15,16)17)28-32-62(70)63-33-29-55(43-71(63)89)83(18,19)20;;;/h26-33,36-47,90-91H,25,34-35,48-49H2,1-24H3;2*1H3;/q;2*-1;/p+2. The van der Waals surface area contributed by atoms with E-state index < -0.39 is 11.6 Å². The first kappa shape index (κ1) is 76.7. The Morgan fingerprint density at radius 1 is 0.354 bits per heavy atom. The van der Waals surface area contributed by atoms with Crippen LogP contribution in [0.4, 0.5) is 8.78 Å². The van der Waals surface area contributed by atoms with Crippen LogP contribution in [0.15, 0.2) is 121 Å². The van der Waals surface area contributed by atoms with Crippen LogP contribution in [0.2, 0.25) is 0 Å². The van der Waals surface area contributed by atoms with Crippen LogP contribution in [0.3, 0.4) is 0 Å². The number of halogens is 2. The van der Waals surface area contributed by atoms with Gasteiger partial charge >= 0.3 is 0 Å². The van der Waals surface area contributed by atoms with Crippen molar-refractivity contribution in [1.82, 2.24) is 9.13 Å². The fraction of sp³-hybridized carbons (Fsp3) is 0.425. The van der Waals surface area contributed by atoms with Crippen molar-refractivity contribution >= 4 is 43.6 Å². The second-order valence-electron chi connectivity index (χ2n) is 35.0. The molecule has 10 aromatic rings. The summed E-state index contributed by atoms with van der Waals surface area (Å²) in [6.45, 7) is 53.7. The number of rotatable bonds is 14. The second-order valence-corrected chi connectivity index (χ2v) is 35.0. The predicted molar refractivity (Wildman–Crippen MR) is 405 cm³/mol. The van der Waals surface area contributed by atoms with E-state index in [1.54, 1.807) is 0 Å². The number of fused-ring (bicyclic) bond motifs is 6. The molecule has 0 atom stereocenters. The van der Waals surface area contributed by atoms with Crippen LogP contribution in [0, 0.1) is 51.2 Å². The molecule has 2 heterocycles. The van der Waals surface area contributed by atoms with E-state index in [1.807, 2.05) is 13.8 Å². The monoisotopic (exact) mass is 1470 g/mol. The minimum Gasteiger partial charge on any atom is -0.582 e. The van der Waals surface area contributed by atoms with Crippen molar-refractivity contribution < 1.29 is 54.3 Å². The van der Waals surface area contributed by atoms with Crippen LogP contribution in [0.1, 0.15) is 216 Å². The zero-order valence-electron chi connectivity index (χ0n) is 63.0. The summed E-state index contributed by atoms with van der Waals surface area (Å²) in [5.74, 6) is 0.435. The largest absolute Gasteiger partial charge is 0.582 e. The normalized spacial score (nSPS) is 12.9. The molecule has 0 aliphatic carbocycles. The molecule has 8 aromatic carbocycles. The van der Waals surface area contributed by atoms with Crippen LogP contribution in [0.25, 0.3) is 77.2 Å². The average molecular weight is 1470 g/mol. The van der Waals surface area contributed by atoms with Crippen LogP contribution >= 0.6 is 0 Å². The second kappa shape index (κ2) is 26.8. The Bertz CT molecular complexity index is 4120. The minimum absolute atomic E-state index is 0. The number of ether oxygens (including phenoxy) is 2. The smallest absolute Gasteiger partial charge is 0.265 e. The summed E-state index contributed by atoms with van der Waals surface area (Å²) < 4.78 is 47.7. The van der Waals surface area contributed by atoms with Crippen LogP contribution in [-0.2, 0) is 58.3 Å². The van der Waals surface area contributed by atoms with Crippen molar-refractivity contribution in [2.45, 2.75) is 218 Å². The van der Waals surface area contributed by atoms with E-state index >= 15 is 8.78 Å².